The van der Waals surface area contributed by atoms with E-state index in [0.717, 1.165) is 29.1 Å². The van der Waals surface area contributed by atoms with Crippen molar-refractivity contribution in [3.63, 3.8) is 0 Å². The molecule has 2 rings (SSSR count). The molecule has 1 saturated carbocycles. The lowest BCUT2D eigenvalue weighted by Gasteiger charge is -2.07. The molecule has 1 heterocycles. The number of nitrogens with two attached hydrogens (primary N) is 1. The molecule has 15 heavy (non-hydrogen) atoms. The molecule has 5 heteroatoms. The Balaban J connectivity index is 2.03. The molecule has 4 nitrogen and oxygen atoms in total. The van der Waals surface area contributed by atoms with Gasteiger partial charge >= 0.3 is 0 Å². The molecular formula is C10H15BrN4. The van der Waals surface area contributed by atoms with E-state index in [9.17, 15) is 0 Å². The maximum atomic E-state index is 5.43. The van der Waals surface area contributed by atoms with Crippen LogP contribution in [0.4, 0.5) is 5.82 Å². The summed E-state index contributed by atoms with van der Waals surface area (Å²) in [6, 6.07) is 0. The average Bonchev–Trinajstić information content (AvgIpc) is 3.05. The average molecular weight is 271 g/mol. The first-order valence-corrected chi connectivity index (χ1v) is 6.07. The van der Waals surface area contributed by atoms with Crippen LogP contribution in [0.25, 0.3) is 0 Å². The van der Waals surface area contributed by atoms with E-state index in [0.29, 0.717) is 12.5 Å². The molecule has 0 radical (unpaired) electrons. The van der Waals surface area contributed by atoms with Crippen LogP contribution in [0, 0.1) is 0 Å². The van der Waals surface area contributed by atoms with Crippen molar-refractivity contribution in [2.24, 2.45) is 5.73 Å². The summed E-state index contributed by atoms with van der Waals surface area (Å²) in [4.78, 5) is 8.80. The Morgan fingerprint density at radius 2 is 2.33 bits per heavy atom. The van der Waals surface area contributed by atoms with Gasteiger partial charge in [-0.1, -0.05) is 0 Å². The highest BCUT2D eigenvalue weighted by atomic mass is 79.9. The molecule has 82 valence electrons. The van der Waals surface area contributed by atoms with Crippen molar-refractivity contribution in [2.75, 3.05) is 18.4 Å². The second kappa shape index (κ2) is 4.90. The fourth-order valence-corrected chi connectivity index (χ4v) is 1.68. The van der Waals surface area contributed by atoms with Gasteiger partial charge in [-0.05, 0) is 41.7 Å². The highest BCUT2D eigenvalue weighted by Gasteiger charge is 2.26. The maximum Gasteiger partial charge on any atom is 0.144 e. The monoisotopic (exact) mass is 270 g/mol. The Morgan fingerprint density at radius 1 is 1.53 bits per heavy atom. The van der Waals surface area contributed by atoms with E-state index in [4.69, 9.17) is 5.73 Å². The molecule has 0 unspecified atom stereocenters. The number of hydrogen-bond acceptors (Lipinski definition) is 4. The number of nitrogens with one attached hydrogen (secondary N) is 1. The molecule has 1 fully saturated rings. The lowest BCUT2D eigenvalue weighted by atomic mass is 10.4. The topological polar surface area (TPSA) is 63.8 Å². The van der Waals surface area contributed by atoms with Crippen LogP contribution in [0.3, 0.4) is 0 Å². The van der Waals surface area contributed by atoms with E-state index in [2.05, 4.69) is 31.2 Å². The third kappa shape index (κ3) is 2.89. The van der Waals surface area contributed by atoms with Gasteiger partial charge < -0.3 is 11.1 Å². The summed E-state index contributed by atoms with van der Waals surface area (Å²) in [5, 5.41) is 3.26. The summed E-state index contributed by atoms with van der Waals surface area (Å²) in [6.07, 6.45) is 5.23. The minimum Gasteiger partial charge on any atom is -0.369 e. The van der Waals surface area contributed by atoms with Gasteiger partial charge in [0.05, 0.1) is 4.47 Å². The van der Waals surface area contributed by atoms with E-state index in [-0.39, 0.29) is 0 Å². The zero-order valence-electron chi connectivity index (χ0n) is 8.54. The van der Waals surface area contributed by atoms with Crippen molar-refractivity contribution < 1.29 is 0 Å². The molecule has 1 aliphatic rings. The van der Waals surface area contributed by atoms with Crippen LogP contribution >= 0.6 is 15.9 Å². The zero-order valence-corrected chi connectivity index (χ0v) is 10.1. The fourth-order valence-electron chi connectivity index (χ4n) is 1.35. The first-order valence-electron chi connectivity index (χ1n) is 5.27. The van der Waals surface area contributed by atoms with Crippen molar-refractivity contribution >= 4 is 21.7 Å². The summed E-state index contributed by atoms with van der Waals surface area (Å²) in [6.45, 7) is 1.56. The molecule has 0 aliphatic heterocycles. The third-order valence-corrected chi connectivity index (χ3v) is 2.96. The third-order valence-electron chi connectivity index (χ3n) is 2.38. The van der Waals surface area contributed by atoms with Gasteiger partial charge in [0.25, 0.3) is 0 Å². The Hall–Kier alpha value is -0.680. The molecule has 3 N–H and O–H groups in total. The van der Waals surface area contributed by atoms with Gasteiger partial charge in [-0.3, -0.25) is 0 Å². The van der Waals surface area contributed by atoms with Gasteiger partial charge in [-0.15, -0.1) is 0 Å². The van der Waals surface area contributed by atoms with Gasteiger partial charge in [-0.25, -0.2) is 9.97 Å². The number of nitrogens with zero attached hydrogens (tertiary/aromatic N) is 2. The van der Waals surface area contributed by atoms with E-state index >= 15 is 0 Å². The highest BCUT2D eigenvalue weighted by molar-refractivity contribution is 9.10. The standard InChI is InChI=1S/C10H15BrN4/c11-8-6-14-9(7-2-3-7)15-10(8)13-5-1-4-12/h6-7H,1-5,12H2,(H,13,14,15). The predicted octanol–water partition coefficient (Wildman–Crippen LogP) is 1.88. The SMILES string of the molecule is NCCCNc1nc(C2CC2)ncc1Br. The summed E-state index contributed by atoms with van der Waals surface area (Å²) in [5.41, 5.74) is 5.43. The summed E-state index contributed by atoms with van der Waals surface area (Å²) in [5.74, 6) is 2.45. The summed E-state index contributed by atoms with van der Waals surface area (Å²) in [7, 11) is 0. The summed E-state index contributed by atoms with van der Waals surface area (Å²) >= 11 is 3.43. The van der Waals surface area contributed by atoms with Crippen molar-refractivity contribution in [3.8, 4) is 0 Å². The van der Waals surface area contributed by atoms with Crippen LogP contribution in [-0.4, -0.2) is 23.1 Å². The lowest BCUT2D eigenvalue weighted by molar-refractivity contribution is 0.858. The zero-order chi connectivity index (χ0) is 10.7. The van der Waals surface area contributed by atoms with E-state index < -0.39 is 0 Å². The predicted molar refractivity (Wildman–Crippen MR) is 63.9 cm³/mol. The van der Waals surface area contributed by atoms with Crippen molar-refractivity contribution in [2.45, 2.75) is 25.2 Å². The van der Waals surface area contributed by atoms with Crippen LogP contribution in [0.15, 0.2) is 10.7 Å². The number of rotatable bonds is 5. The second-order valence-electron chi connectivity index (χ2n) is 3.77. The van der Waals surface area contributed by atoms with Gasteiger partial charge in [0, 0.05) is 18.7 Å². The molecule has 1 aromatic heterocycles. The fraction of sp³-hybridized carbons (Fsp3) is 0.600. The van der Waals surface area contributed by atoms with E-state index in [1.54, 1.807) is 0 Å². The number of anilines is 1. The molecule has 0 aromatic carbocycles. The van der Waals surface area contributed by atoms with Gasteiger partial charge in [0.2, 0.25) is 0 Å². The molecule has 0 bridgehead atoms. The van der Waals surface area contributed by atoms with Crippen LogP contribution in [0.1, 0.15) is 31.0 Å². The van der Waals surface area contributed by atoms with Gasteiger partial charge in [0.1, 0.15) is 11.6 Å². The molecule has 1 aromatic rings. The first kappa shape index (κ1) is 10.8. The van der Waals surface area contributed by atoms with Gasteiger partial charge in [0.15, 0.2) is 0 Å². The van der Waals surface area contributed by atoms with Crippen LogP contribution in [-0.2, 0) is 0 Å². The van der Waals surface area contributed by atoms with E-state index in [1.807, 2.05) is 6.20 Å². The maximum absolute atomic E-state index is 5.43. The number of hydrogen-bond donors (Lipinski definition) is 2. The second-order valence-corrected chi connectivity index (χ2v) is 4.62. The number of aromatic nitrogens is 2. The van der Waals surface area contributed by atoms with Gasteiger partial charge in [-0.2, -0.15) is 0 Å². The minimum atomic E-state index is 0.591. The molecule has 0 saturated heterocycles. The lowest BCUT2D eigenvalue weighted by Crippen LogP contribution is -2.10. The largest absolute Gasteiger partial charge is 0.369 e. The molecular weight excluding hydrogens is 256 g/mol. The molecule has 0 amide bonds. The molecule has 0 spiro atoms. The van der Waals surface area contributed by atoms with Crippen molar-refractivity contribution in [1.82, 2.24) is 9.97 Å². The first-order chi connectivity index (χ1) is 7.31. The normalized spacial score (nSPS) is 15.3. The minimum absolute atomic E-state index is 0.591. The van der Waals surface area contributed by atoms with Crippen LogP contribution in [0.5, 0.6) is 0 Å². The Kier molecular flexibility index (Phi) is 3.53. The van der Waals surface area contributed by atoms with Crippen molar-refractivity contribution in [1.29, 1.82) is 0 Å². The quantitative estimate of drug-likeness (QED) is 0.802. The molecule has 1 aliphatic carbocycles. The van der Waals surface area contributed by atoms with E-state index in [1.165, 1.54) is 12.8 Å². The van der Waals surface area contributed by atoms with Crippen LogP contribution in [0.2, 0.25) is 0 Å². The number of halogens is 1. The Labute approximate surface area is 97.8 Å². The Morgan fingerprint density at radius 3 is 3.00 bits per heavy atom. The smallest absolute Gasteiger partial charge is 0.144 e. The van der Waals surface area contributed by atoms with Crippen molar-refractivity contribution in [3.05, 3.63) is 16.5 Å². The van der Waals surface area contributed by atoms with Crippen LogP contribution < -0.4 is 11.1 Å². The molecule has 0 atom stereocenters. The summed E-state index contributed by atoms with van der Waals surface area (Å²) < 4.78 is 0.920. The Bertz CT molecular complexity index is 338. The highest BCUT2D eigenvalue weighted by Crippen LogP contribution is 2.38.